The summed E-state index contributed by atoms with van der Waals surface area (Å²) >= 11 is 11.7. The van der Waals surface area contributed by atoms with Crippen molar-refractivity contribution in [2.75, 3.05) is 18.1 Å². The third-order valence-electron chi connectivity index (χ3n) is 2.49. The van der Waals surface area contributed by atoms with E-state index < -0.39 is 4.92 Å². The number of hydrogen-bond acceptors (Lipinski definition) is 4. The molecule has 1 N–H and O–H groups in total. The Morgan fingerprint density at radius 2 is 1.94 bits per heavy atom. The number of aliphatic hydroxyl groups is 1. The van der Waals surface area contributed by atoms with E-state index >= 15 is 0 Å². The molecule has 7 heteroatoms. The standard InChI is InChI=1S/C11H14Cl2N2O3/c1-7(2)14(3-4-16)10-5-8(12)9(13)6-11(10)15(17)18/h5-7,16H,3-4H2,1-2H3. The Morgan fingerprint density at radius 1 is 1.39 bits per heavy atom. The first-order valence-corrected chi connectivity index (χ1v) is 6.15. The van der Waals surface area contributed by atoms with Crippen LogP contribution in [0.25, 0.3) is 0 Å². The highest BCUT2D eigenvalue weighted by atomic mass is 35.5. The van der Waals surface area contributed by atoms with E-state index in [1.807, 2.05) is 13.8 Å². The van der Waals surface area contributed by atoms with Gasteiger partial charge in [-0.15, -0.1) is 0 Å². The number of aliphatic hydroxyl groups excluding tert-OH is 1. The minimum atomic E-state index is -0.510. The first-order chi connectivity index (χ1) is 8.38. The van der Waals surface area contributed by atoms with Crippen LogP contribution in [0.15, 0.2) is 12.1 Å². The van der Waals surface area contributed by atoms with Crippen LogP contribution in [-0.4, -0.2) is 29.2 Å². The molecule has 0 aliphatic carbocycles. The first kappa shape index (κ1) is 15.0. The molecule has 0 spiro atoms. The molecular weight excluding hydrogens is 279 g/mol. The second-order valence-corrected chi connectivity index (χ2v) is 4.84. The van der Waals surface area contributed by atoms with Crippen molar-refractivity contribution in [3.8, 4) is 0 Å². The molecule has 0 amide bonds. The molecule has 0 bridgehead atoms. The topological polar surface area (TPSA) is 66.6 Å². The Bertz CT molecular complexity index is 452. The molecule has 0 saturated heterocycles. The van der Waals surface area contributed by atoms with Crippen molar-refractivity contribution in [1.82, 2.24) is 0 Å². The molecule has 0 atom stereocenters. The molecule has 0 aromatic heterocycles. The Morgan fingerprint density at radius 3 is 2.39 bits per heavy atom. The van der Waals surface area contributed by atoms with E-state index in [4.69, 9.17) is 28.3 Å². The number of rotatable bonds is 5. The van der Waals surface area contributed by atoms with Gasteiger partial charge in [-0.3, -0.25) is 10.1 Å². The molecule has 0 fully saturated rings. The van der Waals surface area contributed by atoms with Crippen molar-refractivity contribution >= 4 is 34.6 Å². The van der Waals surface area contributed by atoms with Gasteiger partial charge in [0, 0.05) is 18.7 Å². The number of nitrogens with zero attached hydrogens (tertiary/aromatic N) is 2. The predicted octanol–water partition coefficient (Wildman–Crippen LogP) is 3.11. The average Bonchev–Trinajstić information content (AvgIpc) is 2.28. The van der Waals surface area contributed by atoms with Gasteiger partial charge in [0.15, 0.2) is 0 Å². The van der Waals surface area contributed by atoms with Gasteiger partial charge in [0.2, 0.25) is 0 Å². The third-order valence-corrected chi connectivity index (χ3v) is 3.21. The lowest BCUT2D eigenvalue weighted by Crippen LogP contribution is -2.33. The molecule has 1 aromatic carbocycles. The molecule has 1 rings (SSSR count). The van der Waals surface area contributed by atoms with Crippen molar-refractivity contribution in [2.45, 2.75) is 19.9 Å². The van der Waals surface area contributed by atoms with Crippen LogP contribution in [0, 0.1) is 10.1 Å². The maximum atomic E-state index is 11.0. The second-order valence-electron chi connectivity index (χ2n) is 4.02. The first-order valence-electron chi connectivity index (χ1n) is 5.39. The highest BCUT2D eigenvalue weighted by Gasteiger charge is 2.23. The fourth-order valence-electron chi connectivity index (χ4n) is 1.67. The molecule has 0 aliphatic rings. The highest BCUT2D eigenvalue weighted by molar-refractivity contribution is 6.42. The largest absolute Gasteiger partial charge is 0.395 e. The third kappa shape index (κ3) is 3.25. The summed E-state index contributed by atoms with van der Waals surface area (Å²) in [5, 5.41) is 20.5. The van der Waals surface area contributed by atoms with E-state index in [9.17, 15) is 10.1 Å². The zero-order valence-corrected chi connectivity index (χ0v) is 11.6. The van der Waals surface area contributed by atoms with E-state index in [1.54, 1.807) is 4.90 Å². The molecule has 5 nitrogen and oxygen atoms in total. The molecule has 0 aliphatic heterocycles. The Hall–Kier alpha value is -1.04. The summed E-state index contributed by atoms with van der Waals surface area (Å²) in [6, 6.07) is 2.68. The molecule has 100 valence electrons. The number of nitro benzene ring substituents is 1. The zero-order valence-electron chi connectivity index (χ0n) is 10.1. The highest BCUT2D eigenvalue weighted by Crippen LogP contribution is 2.36. The van der Waals surface area contributed by atoms with Crippen LogP contribution < -0.4 is 4.90 Å². The number of benzene rings is 1. The Balaban J connectivity index is 3.35. The van der Waals surface area contributed by atoms with Crippen molar-refractivity contribution in [3.63, 3.8) is 0 Å². The quantitative estimate of drug-likeness (QED) is 0.669. The van der Waals surface area contributed by atoms with Crippen LogP contribution in [0.4, 0.5) is 11.4 Å². The summed E-state index contributed by atoms with van der Waals surface area (Å²) in [5.41, 5.74) is 0.241. The number of anilines is 1. The lowest BCUT2D eigenvalue weighted by Gasteiger charge is -2.28. The molecule has 18 heavy (non-hydrogen) atoms. The Kier molecular flexibility index (Phi) is 5.19. The van der Waals surface area contributed by atoms with Crippen molar-refractivity contribution < 1.29 is 10.0 Å². The lowest BCUT2D eigenvalue weighted by molar-refractivity contribution is -0.384. The van der Waals surface area contributed by atoms with Gasteiger partial charge in [-0.1, -0.05) is 23.2 Å². The maximum absolute atomic E-state index is 11.0. The molecule has 0 saturated carbocycles. The smallest absolute Gasteiger partial charge is 0.294 e. The van der Waals surface area contributed by atoms with Gasteiger partial charge in [-0.2, -0.15) is 0 Å². The van der Waals surface area contributed by atoms with Gasteiger partial charge < -0.3 is 10.0 Å². The molecule has 0 unspecified atom stereocenters. The van der Waals surface area contributed by atoms with E-state index in [2.05, 4.69) is 0 Å². The van der Waals surface area contributed by atoms with E-state index in [0.717, 1.165) is 0 Å². The minimum Gasteiger partial charge on any atom is -0.395 e. The van der Waals surface area contributed by atoms with Crippen molar-refractivity contribution in [3.05, 3.63) is 32.3 Å². The number of halogens is 2. The monoisotopic (exact) mass is 292 g/mol. The molecule has 1 aromatic rings. The summed E-state index contributed by atoms with van der Waals surface area (Å²) in [6.45, 7) is 3.94. The van der Waals surface area contributed by atoms with Crippen LogP contribution in [0.5, 0.6) is 0 Å². The van der Waals surface area contributed by atoms with E-state index in [0.29, 0.717) is 5.69 Å². The maximum Gasteiger partial charge on any atom is 0.294 e. The normalized spacial score (nSPS) is 10.8. The number of hydrogen-bond donors (Lipinski definition) is 1. The number of nitro groups is 1. The van der Waals surface area contributed by atoms with Gasteiger partial charge in [0.1, 0.15) is 5.69 Å². The van der Waals surface area contributed by atoms with E-state index in [1.165, 1.54) is 12.1 Å². The summed E-state index contributed by atoms with van der Waals surface area (Å²) in [5.74, 6) is 0. The lowest BCUT2D eigenvalue weighted by atomic mass is 10.2. The van der Waals surface area contributed by atoms with E-state index in [-0.39, 0.29) is 34.9 Å². The fraction of sp³-hybridized carbons (Fsp3) is 0.455. The van der Waals surface area contributed by atoms with Gasteiger partial charge in [-0.05, 0) is 19.9 Å². The van der Waals surface area contributed by atoms with Gasteiger partial charge in [-0.25, -0.2) is 0 Å². The minimum absolute atomic E-state index is 0.00640. The molecule has 0 heterocycles. The SMILES string of the molecule is CC(C)N(CCO)c1cc(Cl)c(Cl)cc1[N+](=O)[O-]. The fourth-order valence-corrected chi connectivity index (χ4v) is 1.98. The van der Waals surface area contributed by atoms with Crippen LogP contribution in [0.2, 0.25) is 10.0 Å². The zero-order chi connectivity index (χ0) is 13.9. The van der Waals surface area contributed by atoms with Crippen molar-refractivity contribution in [1.29, 1.82) is 0 Å². The molecule has 0 radical (unpaired) electrons. The second kappa shape index (κ2) is 6.22. The predicted molar refractivity (Wildman–Crippen MR) is 72.7 cm³/mol. The summed E-state index contributed by atoms with van der Waals surface area (Å²) in [4.78, 5) is 12.2. The average molecular weight is 293 g/mol. The van der Waals surface area contributed by atoms with Crippen LogP contribution in [0.3, 0.4) is 0 Å². The van der Waals surface area contributed by atoms with Crippen LogP contribution in [-0.2, 0) is 0 Å². The molecular formula is C11H14Cl2N2O3. The van der Waals surface area contributed by atoms with Gasteiger partial charge in [0.05, 0.1) is 21.6 Å². The van der Waals surface area contributed by atoms with Crippen LogP contribution in [0.1, 0.15) is 13.8 Å². The van der Waals surface area contributed by atoms with Gasteiger partial charge in [0.25, 0.3) is 5.69 Å². The van der Waals surface area contributed by atoms with Gasteiger partial charge >= 0.3 is 0 Å². The van der Waals surface area contributed by atoms with Crippen LogP contribution >= 0.6 is 23.2 Å². The summed E-state index contributed by atoms with van der Waals surface area (Å²) < 4.78 is 0. The Labute approximate surface area is 115 Å². The summed E-state index contributed by atoms with van der Waals surface area (Å²) in [7, 11) is 0. The van der Waals surface area contributed by atoms with Crippen molar-refractivity contribution in [2.24, 2.45) is 0 Å². The summed E-state index contributed by atoms with van der Waals surface area (Å²) in [6.07, 6.45) is 0.